The minimum atomic E-state index is 0.806. The molecule has 0 aliphatic heterocycles. The molecule has 2 aromatic heterocycles. The molecule has 102 valence electrons. The van der Waals surface area contributed by atoms with Crippen molar-refractivity contribution in [3.63, 3.8) is 0 Å². The smallest absolute Gasteiger partial charge is 0.170 e. The van der Waals surface area contributed by atoms with Gasteiger partial charge in [0.2, 0.25) is 0 Å². The highest BCUT2D eigenvalue weighted by Gasteiger charge is 2.14. The van der Waals surface area contributed by atoms with E-state index >= 15 is 0 Å². The molecular weight excluding hydrogens is 268 g/mol. The Kier molecular flexibility index (Phi) is 3.60. The van der Waals surface area contributed by atoms with Crippen molar-refractivity contribution in [2.24, 2.45) is 0 Å². The number of aromatic nitrogens is 4. The van der Waals surface area contributed by atoms with Gasteiger partial charge in [0.15, 0.2) is 5.82 Å². The van der Waals surface area contributed by atoms with Crippen molar-refractivity contribution in [2.75, 3.05) is 0 Å². The summed E-state index contributed by atoms with van der Waals surface area (Å²) in [7, 11) is 0. The molecule has 0 spiro atoms. The van der Waals surface area contributed by atoms with E-state index in [1.807, 2.05) is 30.1 Å². The summed E-state index contributed by atoms with van der Waals surface area (Å²) >= 11 is 1.62. The van der Waals surface area contributed by atoms with Crippen LogP contribution in [0.3, 0.4) is 0 Å². The first-order valence-corrected chi connectivity index (χ1v) is 7.48. The normalized spacial score (nSPS) is 10.9. The van der Waals surface area contributed by atoms with Crippen molar-refractivity contribution in [1.29, 1.82) is 0 Å². The second kappa shape index (κ2) is 5.54. The fourth-order valence-electron chi connectivity index (χ4n) is 2.18. The third-order valence-electron chi connectivity index (χ3n) is 3.18. The number of aryl methyl sites for hydroxylation is 4. The molecule has 0 saturated heterocycles. The zero-order chi connectivity index (χ0) is 13.9. The van der Waals surface area contributed by atoms with E-state index in [4.69, 9.17) is 0 Å². The largest absolute Gasteiger partial charge is 0.249 e. The second-order valence-electron chi connectivity index (χ2n) is 4.71. The van der Waals surface area contributed by atoms with Gasteiger partial charge >= 0.3 is 0 Å². The lowest BCUT2D eigenvalue weighted by molar-refractivity contribution is 0.616. The maximum Gasteiger partial charge on any atom is 0.170 e. The number of thiazole rings is 1. The van der Waals surface area contributed by atoms with Gasteiger partial charge in [0.05, 0.1) is 16.1 Å². The average Bonchev–Trinajstić information content (AvgIpc) is 3.03. The van der Waals surface area contributed by atoms with Gasteiger partial charge in [-0.3, -0.25) is 0 Å². The summed E-state index contributed by atoms with van der Waals surface area (Å²) in [6.45, 7) is 4.77. The van der Waals surface area contributed by atoms with Gasteiger partial charge in [0.25, 0.3) is 0 Å². The summed E-state index contributed by atoms with van der Waals surface area (Å²) in [6.07, 6.45) is 0.953. The number of benzene rings is 1. The standard InChI is InChI=1S/C15H16N4S/c1-11-14(20-10-16-11)15-17-12(2)18-19(15)9-8-13-6-4-3-5-7-13/h3-7,10H,8-9H2,1-2H3. The maximum atomic E-state index is 4.55. The summed E-state index contributed by atoms with van der Waals surface area (Å²) in [5.41, 5.74) is 4.19. The average molecular weight is 284 g/mol. The van der Waals surface area contributed by atoms with Crippen LogP contribution in [0.25, 0.3) is 10.7 Å². The van der Waals surface area contributed by atoms with Crippen LogP contribution in [0, 0.1) is 13.8 Å². The highest BCUT2D eigenvalue weighted by Crippen LogP contribution is 2.25. The van der Waals surface area contributed by atoms with E-state index in [1.165, 1.54) is 5.56 Å². The Hall–Kier alpha value is -2.01. The predicted octanol–water partition coefficient (Wildman–Crippen LogP) is 3.26. The zero-order valence-corrected chi connectivity index (χ0v) is 12.4. The van der Waals surface area contributed by atoms with E-state index in [1.54, 1.807) is 11.3 Å². The molecule has 5 heteroatoms. The molecule has 0 saturated carbocycles. The third kappa shape index (κ3) is 2.63. The van der Waals surface area contributed by atoms with Gasteiger partial charge in [0, 0.05) is 6.54 Å². The third-order valence-corrected chi connectivity index (χ3v) is 4.11. The van der Waals surface area contributed by atoms with Gasteiger partial charge in [-0.2, -0.15) is 5.10 Å². The minimum absolute atomic E-state index is 0.806. The van der Waals surface area contributed by atoms with Crippen molar-refractivity contribution < 1.29 is 0 Å². The highest BCUT2D eigenvalue weighted by molar-refractivity contribution is 7.13. The van der Waals surface area contributed by atoms with Crippen LogP contribution < -0.4 is 0 Å². The van der Waals surface area contributed by atoms with Crippen LogP contribution in [0.1, 0.15) is 17.1 Å². The van der Waals surface area contributed by atoms with E-state index in [0.717, 1.165) is 35.2 Å². The van der Waals surface area contributed by atoms with Gasteiger partial charge in [-0.25, -0.2) is 14.6 Å². The molecule has 0 unspecified atom stereocenters. The van der Waals surface area contributed by atoms with Crippen LogP contribution in [0.5, 0.6) is 0 Å². The molecule has 0 aliphatic carbocycles. The monoisotopic (exact) mass is 284 g/mol. The predicted molar refractivity (Wildman–Crippen MR) is 80.8 cm³/mol. The number of nitrogens with zero attached hydrogens (tertiary/aromatic N) is 4. The lowest BCUT2D eigenvalue weighted by atomic mass is 10.1. The molecule has 4 nitrogen and oxygen atoms in total. The van der Waals surface area contributed by atoms with Crippen LogP contribution in [0.4, 0.5) is 0 Å². The van der Waals surface area contributed by atoms with Crippen LogP contribution in [-0.2, 0) is 13.0 Å². The molecule has 1 aromatic carbocycles. The first-order chi connectivity index (χ1) is 9.74. The molecule has 0 radical (unpaired) electrons. The van der Waals surface area contributed by atoms with Gasteiger partial charge in [-0.05, 0) is 25.8 Å². The molecule has 0 aliphatic rings. The van der Waals surface area contributed by atoms with Crippen LogP contribution in [0.15, 0.2) is 35.8 Å². The van der Waals surface area contributed by atoms with Gasteiger partial charge < -0.3 is 0 Å². The number of hydrogen-bond acceptors (Lipinski definition) is 4. The molecular formula is C15H16N4S. The lowest BCUT2D eigenvalue weighted by Gasteiger charge is -2.05. The Bertz CT molecular complexity index is 700. The van der Waals surface area contributed by atoms with Gasteiger partial charge in [-0.15, -0.1) is 11.3 Å². The quantitative estimate of drug-likeness (QED) is 0.738. The minimum Gasteiger partial charge on any atom is -0.249 e. The molecule has 3 aromatic rings. The summed E-state index contributed by atoms with van der Waals surface area (Å²) in [5.74, 6) is 1.74. The lowest BCUT2D eigenvalue weighted by Crippen LogP contribution is -2.05. The van der Waals surface area contributed by atoms with Crippen molar-refractivity contribution in [1.82, 2.24) is 19.7 Å². The molecule has 20 heavy (non-hydrogen) atoms. The van der Waals surface area contributed by atoms with Crippen LogP contribution in [0.2, 0.25) is 0 Å². The van der Waals surface area contributed by atoms with Crippen LogP contribution >= 0.6 is 11.3 Å². The Morgan fingerprint density at radius 3 is 2.65 bits per heavy atom. The van der Waals surface area contributed by atoms with Crippen molar-refractivity contribution in [2.45, 2.75) is 26.8 Å². The molecule has 0 fully saturated rings. The first-order valence-electron chi connectivity index (χ1n) is 6.60. The Morgan fingerprint density at radius 2 is 1.95 bits per heavy atom. The maximum absolute atomic E-state index is 4.55. The number of rotatable bonds is 4. The van der Waals surface area contributed by atoms with Crippen molar-refractivity contribution in [3.8, 4) is 10.7 Å². The van der Waals surface area contributed by atoms with Crippen LogP contribution in [-0.4, -0.2) is 19.7 Å². The van der Waals surface area contributed by atoms with Crippen molar-refractivity contribution >= 4 is 11.3 Å². The molecule has 2 heterocycles. The summed E-state index contributed by atoms with van der Waals surface area (Å²) in [4.78, 5) is 9.96. The molecule has 0 amide bonds. The molecule has 0 bridgehead atoms. The second-order valence-corrected chi connectivity index (χ2v) is 5.56. The SMILES string of the molecule is Cc1nc(-c2scnc2C)n(CCc2ccccc2)n1. The summed E-state index contributed by atoms with van der Waals surface area (Å²) in [5, 5.41) is 4.51. The fraction of sp³-hybridized carbons (Fsp3) is 0.267. The van der Waals surface area contributed by atoms with E-state index in [-0.39, 0.29) is 0 Å². The molecule has 0 atom stereocenters. The van der Waals surface area contributed by atoms with Crippen molar-refractivity contribution in [3.05, 3.63) is 52.9 Å². The van der Waals surface area contributed by atoms with E-state index < -0.39 is 0 Å². The zero-order valence-electron chi connectivity index (χ0n) is 11.6. The fourth-order valence-corrected chi connectivity index (χ4v) is 2.97. The summed E-state index contributed by atoms with van der Waals surface area (Å²) in [6, 6.07) is 10.4. The number of hydrogen-bond donors (Lipinski definition) is 0. The van der Waals surface area contributed by atoms with Gasteiger partial charge in [-0.1, -0.05) is 30.3 Å². The topological polar surface area (TPSA) is 43.6 Å². The van der Waals surface area contributed by atoms with E-state index in [2.05, 4.69) is 39.3 Å². The Labute approximate surface area is 122 Å². The molecule has 3 rings (SSSR count). The molecule has 0 N–H and O–H groups in total. The van der Waals surface area contributed by atoms with E-state index in [9.17, 15) is 0 Å². The van der Waals surface area contributed by atoms with E-state index in [0.29, 0.717) is 0 Å². The Morgan fingerprint density at radius 1 is 1.15 bits per heavy atom. The first kappa shape index (κ1) is 13.0. The van der Waals surface area contributed by atoms with Gasteiger partial charge in [0.1, 0.15) is 5.82 Å². The summed E-state index contributed by atoms with van der Waals surface area (Å²) < 4.78 is 1.99. The highest BCUT2D eigenvalue weighted by atomic mass is 32.1. The Balaban J connectivity index is 1.85.